The van der Waals surface area contributed by atoms with Crippen LogP contribution in [0.25, 0.3) is 0 Å². The van der Waals surface area contributed by atoms with Crippen molar-refractivity contribution < 1.29 is 24.0 Å². The maximum atomic E-state index is 13.3. The Hall–Kier alpha value is -4.59. The van der Waals surface area contributed by atoms with Crippen molar-refractivity contribution in [1.82, 2.24) is 9.80 Å². The fourth-order valence-electron chi connectivity index (χ4n) is 4.50. The maximum absolute atomic E-state index is 13.3. The molecule has 2 aliphatic heterocycles. The first-order valence-electron chi connectivity index (χ1n) is 11.3. The second-order valence-corrected chi connectivity index (χ2v) is 8.35. The van der Waals surface area contributed by atoms with Gasteiger partial charge in [-0.2, -0.15) is 0 Å². The molecular weight excluding hydrogens is 446 g/mol. The number of fused-ring (bicyclic) bond motifs is 2. The number of nitrogens with zero attached hydrogens (tertiary/aromatic N) is 2. The van der Waals surface area contributed by atoms with Crippen molar-refractivity contribution in [1.29, 1.82) is 0 Å². The summed E-state index contributed by atoms with van der Waals surface area (Å²) in [5.74, 6) is -2.39. The number of nitrogens with one attached hydrogen (secondary N) is 1. The second kappa shape index (κ2) is 8.98. The lowest BCUT2D eigenvalue weighted by molar-refractivity contribution is -0.120. The van der Waals surface area contributed by atoms with Crippen LogP contribution in [0.4, 0.5) is 5.69 Å². The Labute approximate surface area is 201 Å². The molecule has 1 unspecified atom stereocenters. The molecule has 3 aromatic carbocycles. The van der Waals surface area contributed by atoms with Gasteiger partial charge in [0.05, 0.1) is 22.3 Å². The zero-order chi connectivity index (χ0) is 24.5. The third-order valence-electron chi connectivity index (χ3n) is 6.22. The number of imide groups is 2. The molecule has 0 saturated heterocycles. The van der Waals surface area contributed by atoms with E-state index < -0.39 is 35.6 Å². The van der Waals surface area contributed by atoms with Crippen molar-refractivity contribution in [3.63, 3.8) is 0 Å². The highest BCUT2D eigenvalue weighted by Gasteiger charge is 2.43. The van der Waals surface area contributed by atoms with E-state index in [1.54, 1.807) is 78.9 Å². The molecule has 0 saturated carbocycles. The van der Waals surface area contributed by atoms with Crippen LogP contribution in [-0.4, -0.2) is 51.9 Å². The Kier molecular flexibility index (Phi) is 5.70. The van der Waals surface area contributed by atoms with Gasteiger partial charge in [0.15, 0.2) is 0 Å². The standard InChI is InChI=1S/C27H21N3O5/c31-23(28-17-9-2-1-3-10-17)22(30-26(34)20-13-6-7-14-21(20)27(30)35)15-8-16-29-24(32)18-11-4-5-12-19(18)25(29)33/h1-7,9-14,22H,8,15-16H2,(H,28,31). The number of para-hydroxylation sites is 1. The number of hydrogen-bond acceptors (Lipinski definition) is 5. The Morgan fingerprint density at radius 3 is 1.63 bits per heavy atom. The molecule has 35 heavy (non-hydrogen) atoms. The highest BCUT2D eigenvalue weighted by molar-refractivity contribution is 6.23. The number of rotatable bonds is 7. The first-order chi connectivity index (χ1) is 17.0. The summed E-state index contributed by atoms with van der Waals surface area (Å²) in [7, 11) is 0. The highest BCUT2D eigenvalue weighted by atomic mass is 16.2. The molecule has 3 aromatic rings. The van der Waals surface area contributed by atoms with Gasteiger partial charge in [-0.3, -0.25) is 33.8 Å². The third kappa shape index (κ3) is 3.89. The molecule has 174 valence electrons. The average molecular weight is 467 g/mol. The van der Waals surface area contributed by atoms with E-state index in [0.29, 0.717) is 16.8 Å². The lowest BCUT2D eigenvalue weighted by atomic mass is 10.1. The minimum Gasteiger partial charge on any atom is -0.324 e. The third-order valence-corrected chi connectivity index (χ3v) is 6.22. The van der Waals surface area contributed by atoms with Crippen molar-refractivity contribution in [3.05, 3.63) is 101 Å². The molecule has 5 amide bonds. The van der Waals surface area contributed by atoms with Crippen LogP contribution in [0.2, 0.25) is 0 Å². The van der Waals surface area contributed by atoms with Crippen LogP contribution in [-0.2, 0) is 4.79 Å². The molecule has 1 N–H and O–H groups in total. The summed E-state index contributed by atoms with van der Waals surface area (Å²) in [5, 5.41) is 2.76. The quantitative estimate of drug-likeness (QED) is 0.537. The molecule has 0 spiro atoms. The largest absolute Gasteiger partial charge is 0.324 e. The number of hydrogen-bond donors (Lipinski definition) is 1. The number of carbonyl (C=O) groups excluding carboxylic acids is 5. The molecular formula is C27H21N3O5. The Morgan fingerprint density at radius 1 is 0.657 bits per heavy atom. The van der Waals surface area contributed by atoms with E-state index in [0.717, 1.165) is 9.80 Å². The topological polar surface area (TPSA) is 104 Å². The van der Waals surface area contributed by atoms with Crippen molar-refractivity contribution >= 4 is 35.2 Å². The van der Waals surface area contributed by atoms with E-state index in [2.05, 4.69) is 5.32 Å². The van der Waals surface area contributed by atoms with E-state index in [1.807, 2.05) is 0 Å². The van der Waals surface area contributed by atoms with Crippen LogP contribution in [0, 0.1) is 0 Å². The first-order valence-corrected chi connectivity index (χ1v) is 11.3. The summed E-state index contributed by atoms with van der Waals surface area (Å²) in [6, 6.07) is 20.6. The Balaban J connectivity index is 1.36. The molecule has 0 radical (unpaired) electrons. The molecule has 0 aliphatic carbocycles. The zero-order valence-electron chi connectivity index (χ0n) is 18.6. The monoisotopic (exact) mass is 467 g/mol. The lowest BCUT2D eigenvalue weighted by Gasteiger charge is -2.26. The van der Waals surface area contributed by atoms with Gasteiger partial charge < -0.3 is 5.32 Å². The predicted octanol–water partition coefficient (Wildman–Crippen LogP) is 3.37. The minimum absolute atomic E-state index is 0.0602. The van der Waals surface area contributed by atoms with Crippen LogP contribution >= 0.6 is 0 Å². The maximum Gasteiger partial charge on any atom is 0.262 e. The molecule has 8 nitrogen and oxygen atoms in total. The van der Waals surface area contributed by atoms with E-state index >= 15 is 0 Å². The Morgan fingerprint density at radius 2 is 1.11 bits per heavy atom. The van der Waals surface area contributed by atoms with Gasteiger partial charge in [-0.1, -0.05) is 42.5 Å². The average Bonchev–Trinajstić information content (AvgIpc) is 3.27. The summed E-state index contributed by atoms with van der Waals surface area (Å²) in [4.78, 5) is 66.9. The van der Waals surface area contributed by atoms with Crippen LogP contribution in [0.15, 0.2) is 78.9 Å². The first kappa shape index (κ1) is 22.2. The van der Waals surface area contributed by atoms with Gasteiger partial charge >= 0.3 is 0 Å². The van der Waals surface area contributed by atoms with Crippen LogP contribution in [0.5, 0.6) is 0 Å². The number of carbonyl (C=O) groups is 5. The highest BCUT2D eigenvalue weighted by Crippen LogP contribution is 2.28. The normalized spacial score (nSPS) is 15.3. The minimum atomic E-state index is -1.11. The van der Waals surface area contributed by atoms with Crippen molar-refractivity contribution in [2.75, 3.05) is 11.9 Å². The predicted molar refractivity (Wildman–Crippen MR) is 127 cm³/mol. The van der Waals surface area contributed by atoms with Crippen LogP contribution in [0.3, 0.4) is 0 Å². The van der Waals surface area contributed by atoms with Crippen LogP contribution in [0.1, 0.15) is 54.3 Å². The molecule has 0 fully saturated rings. The van der Waals surface area contributed by atoms with Gasteiger partial charge in [0, 0.05) is 12.2 Å². The summed E-state index contributed by atoms with van der Waals surface area (Å²) in [6.07, 6.45) is 0.309. The van der Waals surface area contributed by atoms with Gasteiger partial charge in [0.25, 0.3) is 23.6 Å². The van der Waals surface area contributed by atoms with Crippen LogP contribution < -0.4 is 5.32 Å². The van der Waals surface area contributed by atoms with Gasteiger partial charge in [-0.15, -0.1) is 0 Å². The van der Waals surface area contributed by atoms with Crippen molar-refractivity contribution in [3.8, 4) is 0 Å². The number of amides is 5. The lowest BCUT2D eigenvalue weighted by Crippen LogP contribution is -2.47. The number of anilines is 1. The SMILES string of the molecule is O=C(Nc1ccccc1)C(CCCN1C(=O)c2ccccc2C1=O)N1C(=O)c2ccccc2C1=O. The van der Waals surface area contributed by atoms with E-state index in [4.69, 9.17) is 0 Å². The van der Waals surface area contributed by atoms with Crippen molar-refractivity contribution in [2.45, 2.75) is 18.9 Å². The fourth-order valence-corrected chi connectivity index (χ4v) is 4.50. The van der Waals surface area contributed by atoms with Gasteiger partial charge in [0.1, 0.15) is 6.04 Å². The summed E-state index contributed by atoms with van der Waals surface area (Å²) in [5.41, 5.74) is 1.71. The Bertz CT molecular complexity index is 1300. The van der Waals surface area contributed by atoms with E-state index in [1.165, 1.54) is 0 Å². The molecule has 0 bridgehead atoms. The summed E-state index contributed by atoms with van der Waals surface area (Å²) < 4.78 is 0. The summed E-state index contributed by atoms with van der Waals surface area (Å²) >= 11 is 0. The van der Waals surface area contributed by atoms with Gasteiger partial charge in [-0.05, 0) is 49.2 Å². The van der Waals surface area contributed by atoms with Crippen molar-refractivity contribution in [2.24, 2.45) is 0 Å². The van der Waals surface area contributed by atoms with E-state index in [9.17, 15) is 24.0 Å². The molecule has 0 aromatic heterocycles. The molecule has 2 aliphatic rings. The number of benzene rings is 3. The summed E-state index contributed by atoms with van der Waals surface area (Å²) in [6.45, 7) is 0.0602. The molecule has 1 atom stereocenters. The van der Waals surface area contributed by atoms with Gasteiger partial charge in [-0.25, -0.2) is 0 Å². The molecule has 5 rings (SSSR count). The zero-order valence-corrected chi connectivity index (χ0v) is 18.6. The van der Waals surface area contributed by atoms with Gasteiger partial charge in [0.2, 0.25) is 5.91 Å². The smallest absolute Gasteiger partial charge is 0.262 e. The fraction of sp³-hybridized carbons (Fsp3) is 0.148. The molecule has 2 heterocycles. The molecule has 8 heteroatoms. The van der Waals surface area contributed by atoms with E-state index in [-0.39, 0.29) is 30.5 Å². The second-order valence-electron chi connectivity index (χ2n) is 8.35.